The van der Waals surface area contributed by atoms with Gasteiger partial charge in [-0.15, -0.1) is 11.3 Å². The Hall–Kier alpha value is -3.19. The van der Waals surface area contributed by atoms with Gasteiger partial charge in [0.2, 0.25) is 0 Å². The van der Waals surface area contributed by atoms with Gasteiger partial charge in [0.1, 0.15) is 16.9 Å². The number of furan rings is 1. The van der Waals surface area contributed by atoms with Gasteiger partial charge in [0.15, 0.2) is 0 Å². The molecule has 7 heteroatoms. The number of thiophene rings is 1. The molecule has 0 saturated heterocycles. The number of nitrogens with one attached hydrogen (secondary N) is 1. The summed E-state index contributed by atoms with van der Waals surface area (Å²) < 4.78 is 6.23. The van der Waals surface area contributed by atoms with Gasteiger partial charge in [-0.2, -0.15) is 0 Å². The highest BCUT2D eigenvalue weighted by Gasteiger charge is 2.16. The third-order valence-corrected chi connectivity index (χ3v) is 4.79. The smallest absolute Gasteiger partial charge is 0.281 e. The Labute approximate surface area is 146 Å². The first-order chi connectivity index (χ1) is 12.1. The molecule has 0 atom stereocenters. The lowest BCUT2D eigenvalue weighted by molar-refractivity contribution is 0.101. The maximum absolute atomic E-state index is 12.9. The van der Waals surface area contributed by atoms with E-state index in [1.807, 2.05) is 35.7 Å². The average molecular weight is 351 g/mol. The Kier molecular flexibility index (Phi) is 3.70. The van der Waals surface area contributed by atoms with Crippen LogP contribution >= 0.6 is 11.3 Å². The van der Waals surface area contributed by atoms with Gasteiger partial charge in [-0.25, -0.2) is 9.66 Å². The molecule has 0 radical (unpaired) electrons. The second-order valence-corrected chi connectivity index (χ2v) is 6.30. The zero-order valence-electron chi connectivity index (χ0n) is 13.2. The van der Waals surface area contributed by atoms with E-state index in [9.17, 15) is 9.59 Å². The van der Waals surface area contributed by atoms with E-state index in [0.717, 1.165) is 15.8 Å². The number of aromatic nitrogens is 2. The minimum absolute atomic E-state index is 0.320. The summed E-state index contributed by atoms with van der Waals surface area (Å²) in [6.07, 6.45) is 2.75. The van der Waals surface area contributed by atoms with E-state index in [4.69, 9.17) is 4.42 Å². The molecule has 25 heavy (non-hydrogen) atoms. The number of fused-ring (bicyclic) bond motifs is 1. The number of rotatable bonds is 3. The second-order valence-electron chi connectivity index (χ2n) is 5.45. The van der Waals surface area contributed by atoms with Crippen molar-refractivity contribution in [3.63, 3.8) is 0 Å². The topological polar surface area (TPSA) is 77.1 Å². The monoisotopic (exact) mass is 351 g/mol. The van der Waals surface area contributed by atoms with Crippen molar-refractivity contribution in [1.29, 1.82) is 0 Å². The molecule has 0 aliphatic heterocycles. The molecule has 3 aromatic heterocycles. The lowest BCUT2D eigenvalue weighted by Crippen LogP contribution is -2.33. The molecule has 0 saturated carbocycles. The molecule has 1 aromatic carbocycles. The van der Waals surface area contributed by atoms with E-state index >= 15 is 0 Å². The van der Waals surface area contributed by atoms with E-state index in [2.05, 4.69) is 10.4 Å². The average Bonchev–Trinajstić information content (AvgIpc) is 3.24. The highest BCUT2D eigenvalue weighted by molar-refractivity contribution is 7.17. The van der Waals surface area contributed by atoms with E-state index in [1.165, 1.54) is 23.9 Å². The third kappa shape index (κ3) is 2.64. The van der Waals surface area contributed by atoms with Crippen molar-refractivity contribution in [3.05, 3.63) is 76.0 Å². The molecule has 0 bridgehead atoms. The number of amides is 1. The van der Waals surface area contributed by atoms with Crippen LogP contribution in [0.3, 0.4) is 0 Å². The fourth-order valence-corrected chi connectivity index (χ4v) is 3.54. The van der Waals surface area contributed by atoms with Crippen LogP contribution in [0.2, 0.25) is 0 Å². The summed E-state index contributed by atoms with van der Waals surface area (Å²) in [4.78, 5) is 30.1. The van der Waals surface area contributed by atoms with Gasteiger partial charge >= 0.3 is 0 Å². The SMILES string of the molecule is Cc1occc1C(=O)Nn1cnc2scc(-c3ccccc3)c2c1=O. The number of hydrogen-bond acceptors (Lipinski definition) is 5. The van der Waals surface area contributed by atoms with E-state index < -0.39 is 5.91 Å². The quantitative estimate of drug-likeness (QED) is 0.614. The molecule has 4 aromatic rings. The Morgan fingerprint density at radius 3 is 2.76 bits per heavy atom. The molecule has 0 spiro atoms. The standard InChI is InChI=1S/C18H13N3O3S/c1-11-13(7-8-24-11)16(22)20-21-10-19-17-15(18(21)23)14(9-25-17)12-5-3-2-4-6-12/h2-10H,1H3,(H,20,22). The first-order valence-corrected chi connectivity index (χ1v) is 8.43. The minimum atomic E-state index is -0.425. The van der Waals surface area contributed by atoms with Crippen LogP contribution < -0.4 is 11.0 Å². The van der Waals surface area contributed by atoms with Crippen molar-refractivity contribution in [2.45, 2.75) is 6.92 Å². The minimum Gasteiger partial charge on any atom is -0.469 e. The summed E-state index contributed by atoms with van der Waals surface area (Å²) in [7, 11) is 0. The fourth-order valence-electron chi connectivity index (χ4n) is 2.63. The summed E-state index contributed by atoms with van der Waals surface area (Å²) in [5.41, 5.74) is 4.36. The van der Waals surface area contributed by atoms with Crippen LogP contribution in [0, 0.1) is 6.92 Å². The van der Waals surface area contributed by atoms with E-state index in [-0.39, 0.29) is 5.56 Å². The number of aryl methyl sites for hydroxylation is 1. The number of carbonyl (C=O) groups is 1. The van der Waals surface area contributed by atoms with Crippen LogP contribution in [-0.4, -0.2) is 15.6 Å². The molecule has 4 rings (SSSR count). The van der Waals surface area contributed by atoms with E-state index in [1.54, 1.807) is 13.0 Å². The summed E-state index contributed by atoms with van der Waals surface area (Å²) in [6.45, 7) is 1.69. The van der Waals surface area contributed by atoms with Gasteiger partial charge in [0.05, 0.1) is 17.2 Å². The van der Waals surface area contributed by atoms with Crippen LogP contribution in [0.25, 0.3) is 21.3 Å². The third-order valence-electron chi connectivity index (χ3n) is 3.90. The summed E-state index contributed by atoms with van der Waals surface area (Å²) in [5, 5.41) is 2.39. The molecule has 124 valence electrons. The molecule has 0 unspecified atom stereocenters. The first kappa shape index (κ1) is 15.3. The maximum atomic E-state index is 12.9. The molecule has 1 N–H and O–H groups in total. The van der Waals surface area contributed by atoms with Gasteiger partial charge in [0.25, 0.3) is 11.5 Å². The molecule has 3 heterocycles. The molecule has 0 aliphatic carbocycles. The van der Waals surface area contributed by atoms with Crippen molar-refractivity contribution in [1.82, 2.24) is 9.66 Å². The first-order valence-electron chi connectivity index (χ1n) is 7.55. The van der Waals surface area contributed by atoms with Gasteiger partial charge in [0, 0.05) is 10.9 Å². The predicted octanol–water partition coefficient (Wildman–Crippen LogP) is 3.41. The predicted molar refractivity (Wildman–Crippen MR) is 96.5 cm³/mol. The van der Waals surface area contributed by atoms with Crippen LogP contribution in [-0.2, 0) is 0 Å². The lowest BCUT2D eigenvalue weighted by Gasteiger charge is -2.07. The van der Waals surface area contributed by atoms with Gasteiger partial charge in [-0.1, -0.05) is 30.3 Å². The number of nitrogens with zero attached hydrogens (tertiary/aromatic N) is 2. The Morgan fingerprint density at radius 1 is 1.24 bits per heavy atom. The zero-order valence-corrected chi connectivity index (χ0v) is 14.0. The normalized spacial score (nSPS) is 10.9. The van der Waals surface area contributed by atoms with Crippen molar-refractivity contribution in [3.8, 4) is 11.1 Å². The zero-order chi connectivity index (χ0) is 17.4. The summed E-state index contributed by atoms with van der Waals surface area (Å²) >= 11 is 1.40. The molecular formula is C18H13N3O3S. The molecule has 1 amide bonds. The van der Waals surface area contributed by atoms with Crippen LogP contribution in [0.1, 0.15) is 16.1 Å². The Morgan fingerprint density at radius 2 is 2.04 bits per heavy atom. The molecule has 0 aliphatic rings. The van der Waals surface area contributed by atoms with E-state index in [0.29, 0.717) is 21.5 Å². The van der Waals surface area contributed by atoms with Crippen LogP contribution in [0.15, 0.2) is 63.6 Å². The highest BCUT2D eigenvalue weighted by atomic mass is 32.1. The molecular weight excluding hydrogens is 338 g/mol. The number of carbonyl (C=O) groups excluding carboxylic acids is 1. The molecule has 6 nitrogen and oxygen atoms in total. The van der Waals surface area contributed by atoms with Crippen molar-refractivity contribution in [2.24, 2.45) is 0 Å². The van der Waals surface area contributed by atoms with Crippen molar-refractivity contribution < 1.29 is 9.21 Å². The number of benzene rings is 1. The highest BCUT2D eigenvalue weighted by Crippen LogP contribution is 2.30. The Balaban J connectivity index is 1.79. The summed E-state index contributed by atoms with van der Waals surface area (Å²) in [5.74, 6) is 0.0612. The van der Waals surface area contributed by atoms with Crippen molar-refractivity contribution in [2.75, 3.05) is 5.43 Å². The fraction of sp³-hybridized carbons (Fsp3) is 0.0556. The largest absolute Gasteiger partial charge is 0.469 e. The lowest BCUT2D eigenvalue weighted by atomic mass is 10.1. The van der Waals surface area contributed by atoms with Gasteiger partial charge in [-0.3, -0.25) is 15.0 Å². The molecule has 0 fully saturated rings. The van der Waals surface area contributed by atoms with Gasteiger partial charge < -0.3 is 4.42 Å². The van der Waals surface area contributed by atoms with Crippen LogP contribution in [0.5, 0.6) is 0 Å². The Bertz CT molecular complexity index is 1130. The summed E-state index contributed by atoms with van der Waals surface area (Å²) in [6, 6.07) is 11.2. The maximum Gasteiger partial charge on any atom is 0.281 e. The number of hydrogen-bond donors (Lipinski definition) is 1. The van der Waals surface area contributed by atoms with Crippen molar-refractivity contribution >= 4 is 27.5 Å². The second kappa shape index (κ2) is 6.03. The van der Waals surface area contributed by atoms with Crippen LogP contribution in [0.4, 0.5) is 0 Å². The van der Waals surface area contributed by atoms with Gasteiger partial charge in [-0.05, 0) is 18.6 Å².